The van der Waals surface area contributed by atoms with E-state index in [9.17, 15) is 4.39 Å². The monoisotopic (exact) mass is 296 g/mol. The number of benzene rings is 2. The van der Waals surface area contributed by atoms with E-state index in [1.165, 1.54) is 11.6 Å². The highest BCUT2D eigenvalue weighted by Crippen LogP contribution is 2.11. The van der Waals surface area contributed by atoms with Gasteiger partial charge in [-0.3, -0.25) is 4.90 Å². The zero-order chi connectivity index (χ0) is 15.2. The Morgan fingerprint density at radius 2 is 1.86 bits per heavy atom. The Labute approximate surface area is 131 Å². The first-order valence-electron chi connectivity index (χ1n) is 7.74. The molecule has 2 aromatic carbocycles. The van der Waals surface area contributed by atoms with Crippen molar-refractivity contribution in [2.45, 2.75) is 12.6 Å². The summed E-state index contributed by atoms with van der Waals surface area (Å²) in [4.78, 5) is 2.43. The highest BCUT2D eigenvalue weighted by molar-refractivity contribution is 5.50. The smallest absolute Gasteiger partial charge is 0.130 e. The molecule has 1 aliphatic heterocycles. The number of halogens is 1. The number of hydrogen-bond acceptors (Lipinski definition) is 2. The maximum atomic E-state index is 13.6. The Kier molecular flexibility index (Phi) is 4.99. The molecule has 114 valence electrons. The standard InChI is InChI=1S/C19H21FN2/c20-19-9-5-4-8-17(19)10-11-18-15-22(13-12-21-18)14-16-6-2-1-3-7-16/h1-11,18,21H,12-15H2/b11-10+/t18-/m1/s1. The van der Waals surface area contributed by atoms with Crippen molar-refractivity contribution in [3.8, 4) is 0 Å². The largest absolute Gasteiger partial charge is 0.308 e. The van der Waals surface area contributed by atoms with Crippen molar-refractivity contribution in [2.75, 3.05) is 19.6 Å². The summed E-state index contributed by atoms with van der Waals surface area (Å²) in [5, 5.41) is 3.47. The molecule has 2 nitrogen and oxygen atoms in total. The van der Waals surface area contributed by atoms with Crippen molar-refractivity contribution < 1.29 is 4.39 Å². The van der Waals surface area contributed by atoms with Gasteiger partial charge in [0, 0.05) is 37.8 Å². The number of nitrogens with one attached hydrogen (secondary N) is 1. The third-order valence-electron chi connectivity index (χ3n) is 3.95. The van der Waals surface area contributed by atoms with Gasteiger partial charge in [0.25, 0.3) is 0 Å². The summed E-state index contributed by atoms with van der Waals surface area (Å²) in [6.07, 6.45) is 3.94. The second kappa shape index (κ2) is 7.34. The summed E-state index contributed by atoms with van der Waals surface area (Å²) in [6, 6.07) is 17.6. The Morgan fingerprint density at radius 3 is 2.68 bits per heavy atom. The van der Waals surface area contributed by atoms with E-state index in [4.69, 9.17) is 0 Å². The molecule has 1 atom stereocenters. The van der Waals surface area contributed by atoms with Crippen molar-refractivity contribution in [1.29, 1.82) is 0 Å². The summed E-state index contributed by atoms with van der Waals surface area (Å²) < 4.78 is 13.6. The topological polar surface area (TPSA) is 15.3 Å². The van der Waals surface area contributed by atoms with Crippen LogP contribution in [0.3, 0.4) is 0 Å². The van der Waals surface area contributed by atoms with Gasteiger partial charge < -0.3 is 5.32 Å². The molecule has 1 heterocycles. The lowest BCUT2D eigenvalue weighted by Crippen LogP contribution is -2.49. The first kappa shape index (κ1) is 14.9. The van der Waals surface area contributed by atoms with Crippen molar-refractivity contribution >= 4 is 6.08 Å². The zero-order valence-electron chi connectivity index (χ0n) is 12.6. The Balaban J connectivity index is 1.60. The van der Waals surface area contributed by atoms with Crippen LogP contribution in [0.15, 0.2) is 60.7 Å². The molecule has 3 heteroatoms. The fourth-order valence-corrected chi connectivity index (χ4v) is 2.79. The second-order valence-corrected chi connectivity index (χ2v) is 5.66. The van der Waals surface area contributed by atoms with Gasteiger partial charge in [0.2, 0.25) is 0 Å². The van der Waals surface area contributed by atoms with E-state index in [-0.39, 0.29) is 11.9 Å². The van der Waals surface area contributed by atoms with E-state index in [1.54, 1.807) is 12.1 Å². The van der Waals surface area contributed by atoms with Crippen LogP contribution in [0.25, 0.3) is 6.08 Å². The highest BCUT2D eigenvalue weighted by Gasteiger charge is 2.17. The normalized spacial score (nSPS) is 19.6. The molecule has 22 heavy (non-hydrogen) atoms. The molecule has 1 fully saturated rings. The minimum absolute atomic E-state index is 0.171. The Hall–Kier alpha value is -1.97. The molecule has 0 bridgehead atoms. The van der Waals surface area contributed by atoms with Crippen molar-refractivity contribution in [2.24, 2.45) is 0 Å². The van der Waals surface area contributed by atoms with E-state index in [1.807, 2.05) is 18.2 Å². The predicted octanol–water partition coefficient (Wildman–Crippen LogP) is 3.31. The van der Waals surface area contributed by atoms with Gasteiger partial charge in [-0.25, -0.2) is 4.39 Å². The van der Waals surface area contributed by atoms with Gasteiger partial charge in [0.15, 0.2) is 0 Å². The molecule has 0 aliphatic carbocycles. The first-order chi connectivity index (χ1) is 10.8. The number of nitrogens with zero attached hydrogens (tertiary/aromatic N) is 1. The minimum atomic E-state index is -0.171. The van der Waals surface area contributed by atoms with Crippen molar-refractivity contribution in [3.63, 3.8) is 0 Å². The lowest BCUT2D eigenvalue weighted by molar-refractivity contribution is 0.210. The molecule has 0 radical (unpaired) electrons. The summed E-state index contributed by atoms with van der Waals surface area (Å²) in [7, 11) is 0. The molecule has 1 saturated heterocycles. The molecular weight excluding hydrogens is 275 g/mol. The van der Waals surface area contributed by atoms with Crippen LogP contribution in [0.1, 0.15) is 11.1 Å². The van der Waals surface area contributed by atoms with Gasteiger partial charge >= 0.3 is 0 Å². The lowest BCUT2D eigenvalue weighted by Gasteiger charge is -2.32. The summed E-state index contributed by atoms with van der Waals surface area (Å²) in [5.41, 5.74) is 1.98. The molecule has 0 spiro atoms. The van der Waals surface area contributed by atoms with Gasteiger partial charge in [-0.05, 0) is 11.6 Å². The van der Waals surface area contributed by atoms with Crippen LogP contribution in [0.4, 0.5) is 4.39 Å². The molecule has 0 unspecified atom stereocenters. The van der Waals surface area contributed by atoms with Gasteiger partial charge in [-0.15, -0.1) is 0 Å². The van der Waals surface area contributed by atoms with Crippen LogP contribution in [0.5, 0.6) is 0 Å². The fourth-order valence-electron chi connectivity index (χ4n) is 2.79. The third-order valence-corrected chi connectivity index (χ3v) is 3.95. The molecule has 0 amide bonds. The molecule has 0 aromatic heterocycles. The van der Waals surface area contributed by atoms with Crippen LogP contribution in [0, 0.1) is 5.82 Å². The van der Waals surface area contributed by atoms with Crippen LogP contribution >= 0.6 is 0 Å². The predicted molar refractivity (Wildman–Crippen MR) is 88.9 cm³/mol. The summed E-state index contributed by atoms with van der Waals surface area (Å²) in [6.45, 7) is 3.91. The van der Waals surface area contributed by atoms with E-state index in [0.29, 0.717) is 5.56 Å². The maximum absolute atomic E-state index is 13.6. The highest BCUT2D eigenvalue weighted by atomic mass is 19.1. The van der Waals surface area contributed by atoms with E-state index in [2.05, 4.69) is 40.6 Å². The average molecular weight is 296 g/mol. The van der Waals surface area contributed by atoms with Gasteiger partial charge in [0.05, 0.1) is 0 Å². The summed E-state index contributed by atoms with van der Waals surface area (Å²) in [5.74, 6) is -0.171. The van der Waals surface area contributed by atoms with Crippen molar-refractivity contribution in [3.05, 3.63) is 77.6 Å². The van der Waals surface area contributed by atoms with Crippen LogP contribution in [-0.4, -0.2) is 30.6 Å². The third kappa shape index (κ3) is 4.03. The van der Waals surface area contributed by atoms with Crippen LogP contribution in [0.2, 0.25) is 0 Å². The van der Waals surface area contributed by atoms with Gasteiger partial charge in [0.1, 0.15) is 5.82 Å². The van der Waals surface area contributed by atoms with Gasteiger partial charge in [-0.2, -0.15) is 0 Å². The van der Waals surface area contributed by atoms with E-state index < -0.39 is 0 Å². The van der Waals surface area contributed by atoms with Gasteiger partial charge in [-0.1, -0.05) is 60.7 Å². The minimum Gasteiger partial charge on any atom is -0.308 e. The van der Waals surface area contributed by atoms with E-state index in [0.717, 1.165) is 26.2 Å². The Bertz CT molecular complexity index is 624. The lowest BCUT2D eigenvalue weighted by atomic mass is 10.1. The SMILES string of the molecule is Fc1ccccc1/C=C/[C@@H]1CN(Cc2ccccc2)CCN1. The molecular formula is C19H21FN2. The van der Waals surface area contributed by atoms with Crippen molar-refractivity contribution in [1.82, 2.24) is 10.2 Å². The fraction of sp³-hybridized carbons (Fsp3) is 0.263. The average Bonchev–Trinajstić information content (AvgIpc) is 2.55. The quantitative estimate of drug-likeness (QED) is 0.931. The molecule has 3 rings (SSSR count). The molecule has 0 saturated carbocycles. The number of rotatable bonds is 4. The summed E-state index contributed by atoms with van der Waals surface area (Å²) >= 11 is 0. The number of piperazine rings is 1. The maximum Gasteiger partial charge on any atom is 0.130 e. The number of hydrogen-bond donors (Lipinski definition) is 1. The van der Waals surface area contributed by atoms with Crippen LogP contribution < -0.4 is 5.32 Å². The molecule has 1 N–H and O–H groups in total. The Morgan fingerprint density at radius 1 is 1.09 bits per heavy atom. The van der Waals surface area contributed by atoms with Crippen LogP contribution in [-0.2, 0) is 6.54 Å². The van der Waals surface area contributed by atoms with E-state index >= 15 is 0 Å². The zero-order valence-corrected chi connectivity index (χ0v) is 12.6. The molecule has 1 aliphatic rings. The second-order valence-electron chi connectivity index (χ2n) is 5.66. The molecule has 2 aromatic rings. The first-order valence-corrected chi connectivity index (χ1v) is 7.74.